The number of aromatic nitrogens is 2. The summed E-state index contributed by atoms with van der Waals surface area (Å²) in [6.07, 6.45) is 0.720. The lowest BCUT2D eigenvalue weighted by molar-refractivity contribution is 0.00777. The Bertz CT molecular complexity index is 1130. The van der Waals surface area contributed by atoms with Crippen LogP contribution in [0.1, 0.15) is 45.6 Å². The number of rotatable bonds is 0. The Labute approximate surface area is 183 Å². The molecule has 164 valence electrons. The number of hydrogen-bond acceptors (Lipinski definition) is 5. The molecule has 4 heterocycles. The Kier molecular flexibility index (Phi) is 4.45. The van der Waals surface area contributed by atoms with E-state index >= 15 is 0 Å². The van der Waals surface area contributed by atoms with Crippen LogP contribution in [0.4, 0.5) is 19.4 Å². The van der Waals surface area contributed by atoms with Crippen molar-refractivity contribution in [2.24, 2.45) is 0 Å². The lowest BCUT2D eigenvalue weighted by Crippen LogP contribution is -2.62. The highest BCUT2D eigenvalue weighted by Crippen LogP contribution is 2.47. The Morgan fingerprint density at radius 3 is 2.71 bits per heavy atom. The van der Waals surface area contributed by atoms with Crippen LogP contribution in [0, 0.1) is 11.9 Å². The van der Waals surface area contributed by atoms with E-state index in [4.69, 9.17) is 16.3 Å². The zero-order chi connectivity index (χ0) is 22.2. The molecule has 2 aromatic rings. The molecule has 0 N–H and O–H groups in total. The number of carbonyl (C=O) groups is 1. The van der Waals surface area contributed by atoms with Gasteiger partial charge in [0.15, 0.2) is 5.82 Å². The van der Waals surface area contributed by atoms with Crippen LogP contribution >= 0.6 is 11.6 Å². The quantitative estimate of drug-likeness (QED) is 0.534. The number of nitrogens with zero attached hydrogens (tertiary/aromatic N) is 4. The number of ether oxygens (including phenoxy) is 1. The van der Waals surface area contributed by atoms with E-state index in [9.17, 15) is 13.6 Å². The van der Waals surface area contributed by atoms with Gasteiger partial charge < -0.3 is 9.64 Å². The first-order valence-corrected chi connectivity index (χ1v) is 10.7. The van der Waals surface area contributed by atoms with Crippen LogP contribution in [-0.2, 0) is 4.74 Å². The minimum Gasteiger partial charge on any atom is -0.444 e. The van der Waals surface area contributed by atoms with Crippen LogP contribution in [0.3, 0.4) is 0 Å². The van der Waals surface area contributed by atoms with Crippen molar-refractivity contribution in [1.29, 1.82) is 0 Å². The third-order valence-corrected chi connectivity index (χ3v) is 6.61. The van der Waals surface area contributed by atoms with E-state index in [1.54, 1.807) is 0 Å². The van der Waals surface area contributed by atoms with Crippen molar-refractivity contribution in [3.8, 4) is 0 Å². The molecule has 0 unspecified atom stereocenters. The molecular weight excluding hydrogens is 426 g/mol. The van der Waals surface area contributed by atoms with Gasteiger partial charge in [-0.25, -0.2) is 9.18 Å². The van der Waals surface area contributed by atoms with E-state index < -0.39 is 17.5 Å². The topological polar surface area (TPSA) is 58.6 Å². The van der Waals surface area contributed by atoms with Crippen molar-refractivity contribution in [3.63, 3.8) is 0 Å². The fourth-order valence-corrected chi connectivity index (χ4v) is 5.56. The number of benzene rings is 1. The van der Waals surface area contributed by atoms with Gasteiger partial charge in [0.1, 0.15) is 16.9 Å². The second-order valence-electron chi connectivity index (χ2n) is 9.47. The van der Waals surface area contributed by atoms with Crippen LogP contribution in [0.5, 0.6) is 0 Å². The molecule has 31 heavy (non-hydrogen) atoms. The van der Waals surface area contributed by atoms with Gasteiger partial charge in [-0.15, -0.1) is 0 Å². The molecule has 0 spiro atoms. The van der Waals surface area contributed by atoms with Gasteiger partial charge in [-0.1, -0.05) is 18.2 Å². The highest BCUT2D eigenvalue weighted by Gasteiger charge is 2.51. The van der Waals surface area contributed by atoms with Crippen molar-refractivity contribution in [2.75, 3.05) is 11.4 Å². The molecule has 3 atom stereocenters. The zero-order valence-electron chi connectivity index (χ0n) is 17.6. The molecule has 9 heteroatoms. The van der Waals surface area contributed by atoms with Gasteiger partial charge in [-0.2, -0.15) is 14.4 Å². The monoisotopic (exact) mass is 448 g/mol. The van der Waals surface area contributed by atoms with E-state index in [2.05, 4.69) is 16.5 Å². The van der Waals surface area contributed by atoms with Crippen molar-refractivity contribution in [3.05, 3.63) is 35.1 Å². The van der Waals surface area contributed by atoms with Crippen molar-refractivity contribution < 1.29 is 18.3 Å². The molecule has 3 aliphatic rings. The Morgan fingerprint density at radius 1 is 1.26 bits per heavy atom. The number of anilines is 1. The number of amides is 1. The lowest BCUT2D eigenvalue weighted by Gasteiger charge is -2.47. The molecule has 5 rings (SSSR count). The molecular formula is C22H23ClF2N4O2. The summed E-state index contributed by atoms with van der Waals surface area (Å²) in [5.41, 5.74) is 0.519. The molecule has 0 radical (unpaired) electrons. The second kappa shape index (κ2) is 6.76. The van der Waals surface area contributed by atoms with E-state index in [1.807, 2.05) is 30.6 Å². The zero-order valence-corrected chi connectivity index (χ0v) is 18.3. The van der Waals surface area contributed by atoms with E-state index in [1.165, 1.54) is 0 Å². The minimum atomic E-state index is -0.997. The van der Waals surface area contributed by atoms with Crippen LogP contribution in [0.2, 0.25) is 5.02 Å². The van der Waals surface area contributed by atoms with Crippen molar-refractivity contribution in [1.82, 2.24) is 14.9 Å². The molecule has 3 aliphatic heterocycles. The summed E-state index contributed by atoms with van der Waals surface area (Å²) in [7, 11) is 0. The summed E-state index contributed by atoms with van der Waals surface area (Å²) < 4.78 is 34.7. The van der Waals surface area contributed by atoms with Gasteiger partial charge in [0.05, 0.1) is 28.5 Å². The predicted molar refractivity (Wildman–Crippen MR) is 114 cm³/mol. The summed E-state index contributed by atoms with van der Waals surface area (Å²) in [4.78, 5) is 24.5. The molecule has 1 aromatic heterocycles. The largest absolute Gasteiger partial charge is 0.444 e. The lowest BCUT2D eigenvalue weighted by atomic mass is 9.94. The van der Waals surface area contributed by atoms with E-state index in [0.717, 1.165) is 18.9 Å². The van der Waals surface area contributed by atoms with Gasteiger partial charge in [-0.3, -0.25) is 4.90 Å². The third kappa shape index (κ3) is 3.14. The number of halogens is 3. The Balaban J connectivity index is 1.64. The summed E-state index contributed by atoms with van der Waals surface area (Å²) >= 11 is 6.40. The fraction of sp³-hybridized carbons (Fsp3) is 0.500. The summed E-state index contributed by atoms with van der Waals surface area (Å²) in [5.74, 6) is -0.392. The molecule has 2 fully saturated rings. The fourth-order valence-electron chi connectivity index (χ4n) is 5.23. The third-order valence-electron chi connectivity index (χ3n) is 6.31. The number of hydrogen-bond donors (Lipinski definition) is 0. The molecule has 6 nitrogen and oxygen atoms in total. The van der Waals surface area contributed by atoms with Crippen LogP contribution in [0.15, 0.2) is 12.6 Å². The maximum Gasteiger partial charge on any atom is 0.410 e. The number of fused-ring (bicyclic) bond motifs is 5. The highest BCUT2D eigenvalue weighted by atomic mass is 35.5. The molecule has 2 bridgehead atoms. The molecule has 0 aliphatic carbocycles. The summed E-state index contributed by atoms with van der Waals surface area (Å²) in [5, 5.41) is 0.574. The average molecular weight is 449 g/mol. The number of carbonyl (C=O) groups excluding carboxylic acids is 1. The molecule has 1 aromatic carbocycles. The smallest absolute Gasteiger partial charge is 0.410 e. The summed E-state index contributed by atoms with van der Waals surface area (Å²) in [6.45, 7) is 10.1. The Morgan fingerprint density at radius 2 is 2.00 bits per heavy atom. The second-order valence-corrected chi connectivity index (χ2v) is 9.88. The van der Waals surface area contributed by atoms with E-state index in [0.29, 0.717) is 35.3 Å². The summed E-state index contributed by atoms with van der Waals surface area (Å²) in [6, 6.07) is 0.673. The normalized spacial score (nSPS) is 25.0. The van der Waals surface area contributed by atoms with Gasteiger partial charge in [0.25, 0.3) is 0 Å². The average Bonchev–Trinajstić information content (AvgIpc) is 2.92. The maximum absolute atomic E-state index is 14.7. The first kappa shape index (κ1) is 20.4. The molecule has 2 saturated heterocycles. The van der Waals surface area contributed by atoms with Gasteiger partial charge in [-0.05, 0) is 51.7 Å². The maximum atomic E-state index is 14.7. The van der Waals surface area contributed by atoms with Gasteiger partial charge >= 0.3 is 12.2 Å². The van der Waals surface area contributed by atoms with Crippen LogP contribution < -0.4 is 4.90 Å². The predicted octanol–water partition coefficient (Wildman–Crippen LogP) is 4.94. The molecule has 0 saturated carbocycles. The van der Waals surface area contributed by atoms with Gasteiger partial charge in [0, 0.05) is 12.1 Å². The standard InChI is InChI=1S/C22H23ClF2N4O2/c1-10-7-15-14-6-5-11(29(14)21(30)31-22(2,3)4)9-28(15)19-17-16(10)12(23)8-13(24)18(17)26-20(25)27-19/h8,11,14-15H,1,5-7,9H2,2-4H3/t11-,14+,15-/m1/s1. The van der Waals surface area contributed by atoms with Crippen LogP contribution in [0.25, 0.3) is 16.5 Å². The highest BCUT2D eigenvalue weighted by molar-refractivity contribution is 6.34. The Hall–Kier alpha value is -2.48. The SMILES string of the molecule is C=C1C[C@@H]2[C@@H]3CC[C@H](CN2c2nc(F)nc4c(F)cc(Cl)c1c24)N3C(=O)OC(C)(C)C. The number of piperazine rings is 1. The van der Waals surface area contributed by atoms with Gasteiger partial charge in [0.2, 0.25) is 0 Å². The van der Waals surface area contributed by atoms with Crippen LogP contribution in [-0.4, -0.2) is 51.2 Å². The first-order chi connectivity index (χ1) is 14.5. The van der Waals surface area contributed by atoms with Crippen molar-refractivity contribution in [2.45, 2.75) is 63.8 Å². The molecule has 1 amide bonds. The van der Waals surface area contributed by atoms with Crippen molar-refractivity contribution >= 4 is 40.0 Å². The minimum absolute atomic E-state index is 0.106. The van der Waals surface area contributed by atoms with E-state index in [-0.39, 0.29) is 34.8 Å². The first-order valence-electron chi connectivity index (χ1n) is 10.4.